The average Bonchev–Trinajstić information content (AvgIpc) is 3.08. The minimum Gasteiger partial charge on any atom is -0.465 e. The molecule has 0 fully saturated rings. The van der Waals surface area contributed by atoms with Crippen LogP contribution in [0.15, 0.2) is 53.1 Å². The highest BCUT2D eigenvalue weighted by Gasteiger charge is 2.13. The van der Waals surface area contributed by atoms with Crippen LogP contribution in [-0.2, 0) is 4.74 Å². The summed E-state index contributed by atoms with van der Waals surface area (Å²) < 4.78 is 9.64. The van der Waals surface area contributed by atoms with E-state index in [4.69, 9.17) is 9.26 Å². The second-order valence-electron chi connectivity index (χ2n) is 5.33. The van der Waals surface area contributed by atoms with E-state index in [0.717, 1.165) is 5.56 Å². The summed E-state index contributed by atoms with van der Waals surface area (Å²) in [6, 6.07) is 13.1. The first-order valence-electron chi connectivity index (χ1n) is 7.73. The molecule has 2 amide bonds. The van der Waals surface area contributed by atoms with Crippen molar-refractivity contribution in [3.05, 3.63) is 60.0 Å². The van der Waals surface area contributed by atoms with Gasteiger partial charge in [-0.3, -0.25) is 0 Å². The minimum atomic E-state index is -0.527. The van der Waals surface area contributed by atoms with Crippen LogP contribution in [-0.4, -0.2) is 29.3 Å². The molecule has 0 aliphatic carbocycles. The van der Waals surface area contributed by atoms with Crippen molar-refractivity contribution >= 4 is 23.4 Å². The van der Waals surface area contributed by atoms with Gasteiger partial charge >= 0.3 is 12.0 Å². The SMILES string of the molecule is COC(=O)c1ccccc1NC(=O)Nc1ccc(-c2noc(C)n2)cc1. The minimum absolute atomic E-state index is 0.271. The van der Waals surface area contributed by atoms with E-state index in [-0.39, 0.29) is 5.56 Å². The van der Waals surface area contributed by atoms with Crippen molar-refractivity contribution in [1.82, 2.24) is 10.1 Å². The second kappa shape index (κ2) is 7.47. The van der Waals surface area contributed by atoms with Gasteiger partial charge in [0.1, 0.15) is 0 Å². The highest BCUT2D eigenvalue weighted by atomic mass is 16.5. The molecule has 1 aromatic heterocycles. The number of rotatable bonds is 4. The van der Waals surface area contributed by atoms with Crippen LogP contribution in [0.4, 0.5) is 16.2 Å². The van der Waals surface area contributed by atoms with Crippen LogP contribution < -0.4 is 10.6 Å². The fraction of sp³-hybridized carbons (Fsp3) is 0.111. The Kier molecular flexibility index (Phi) is 4.93. The molecular formula is C18H16N4O4. The Hall–Kier alpha value is -3.68. The summed E-state index contributed by atoms with van der Waals surface area (Å²) in [6.45, 7) is 1.71. The molecule has 132 valence electrons. The zero-order chi connectivity index (χ0) is 18.5. The Morgan fingerprint density at radius 1 is 1.04 bits per heavy atom. The van der Waals surface area contributed by atoms with Crippen molar-refractivity contribution in [2.75, 3.05) is 17.7 Å². The fourth-order valence-corrected chi connectivity index (χ4v) is 2.28. The summed E-state index contributed by atoms with van der Waals surface area (Å²) in [5, 5.41) is 9.16. The summed E-state index contributed by atoms with van der Waals surface area (Å²) in [5.74, 6) is 0.428. The Balaban J connectivity index is 1.68. The van der Waals surface area contributed by atoms with Crippen LogP contribution in [0.2, 0.25) is 0 Å². The first-order valence-corrected chi connectivity index (χ1v) is 7.73. The Labute approximate surface area is 149 Å². The molecule has 2 N–H and O–H groups in total. The highest BCUT2D eigenvalue weighted by Crippen LogP contribution is 2.20. The van der Waals surface area contributed by atoms with Crippen LogP contribution in [0.3, 0.4) is 0 Å². The number of hydrogen-bond donors (Lipinski definition) is 2. The van der Waals surface area contributed by atoms with E-state index in [0.29, 0.717) is 23.1 Å². The monoisotopic (exact) mass is 352 g/mol. The number of nitrogens with zero attached hydrogens (tertiary/aromatic N) is 2. The number of esters is 1. The standard InChI is InChI=1S/C18H16N4O4/c1-11-19-16(22-26-11)12-7-9-13(10-8-12)20-18(24)21-15-6-4-3-5-14(15)17(23)25-2/h3-10H,1-2H3,(H2,20,21,24). The molecule has 26 heavy (non-hydrogen) atoms. The van der Waals surface area contributed by atoms with Gasteiger partial charge in [-0.25, -0.2) is 9.59 Å². The fourth-order valence-electron chi connectivity index (χ4n) is 2.28. The number of carbonyl (C=O) groups excluding carboxylic acids is 2. The number of aryl methyl sites for hydroxylation is 1. The maximum absolute atomic E-state index is 12.2. The number of urea groups is 1. The average molecular weight is 352 g/mol. The first kappa shape index (κ1) is 17.2. The predicted molar refractivity (Wildman–Crippen MR) is 94.9 cm³/mol. The Morgan fingerprint density at radius 3 is 2.42 bits per heavy atom. The third kappa shape index (κ3) is 3.86. The molecule has 0 saturated heterocycles. The number of para-hydroxylation sites is 1. The van der Waals surface area contributed by atoms with Gasteiger partial charge in [0.05, 0.1) is 18.4 Å². The molecule has 0 spiro atoms. The van der Waals surface area contributed by atoms with Crippen LogP contribution >= 0.6 is 0 Å². The predicted octanol–water partition coefficient (Wildman–Crippen LogP) is 3.48. The number of carbonyl (C=O) groups is 2. The van der Waals surface area contributed by atoms with Crippen molar-refractivity contribution < 1.29 is 18.8 Å². The van der Waals surface area contributed by atoms with Crippen molar-refractivity contribution in [2.45, 2.75) is 6.92 Å². The van der Waals surface area contributed by atoms with E-state index in [1.807, 2.05) is 0 Å². The molecule has 3 aromatic rings. The quantitative estimate of drug-likeness (QED) is 0.696. The van der Waals surface area contributed by atoms with Gasteiger partial charge in [-0.05, 0) is 36.4 Å². The van der Waals surface area contributed by atoms with Crippen LogP contribution in [0, 0.1) is 6.92 Å². The molecule has 0 aliphatic heterocycles. The van der Waals surface area contributed by atoms with Gasteiger partial charge in [0.25, 0.3) is 0 Å². The van der Waals surface area contributed by atoms with E-state index >= 15 is 0 Å². The van der Waals surface area contributed by atoms with E-state index in [9.17, 15) is 9.59 Å². The van der Waals surface area contributed by atoms with Crippen molar-refractivity contribution in [3.63, 3.8) is 0 Å². The number of nitrogens with one attached hydrogen (secondary N) is 2. The summed E-state index contributed by atoms with van der Waals surface area (Å²) in [5.41, 5.74) is 1.97. The lowest BCUT2D eigenvalue weighted by atomic mass is 10.2. The van der Waals surface area contributed by atoms with Gasteiger partial charge in [-0.1, -0.05) is 17.3 Å². The summed E-state index contributed by atoms with van der Waals surface area (Å²) >= 11 is 0. The van der Waals surface area contributed by atoms with Crippen LogP contribution in [0.1, 0.15) is 16.2 Å². The van der Waals surface area contributed by atoms with E-state index < -0.39 is 12.0 Å². The van der Waals surface area contributed by atoms with Crippen molar-refractivity contribution in [3.8, 4) is 11.4 Å². The van der Waals surface area contributed by atoms with Crippen LogP contribution in [0.25, 0.3) is 11.4 Å². The normalized spacial score (nSPS) is 10.2. The van der Waals surface area contributed by atoms with Crippen LogP contribution in [0.5, 0.6) is 0 Å². The third-order valence-electron chi connectivity index (χ3n) is 3.51. The first-order chi connectivity index (χ1) is 12.6. The maximum atomic E-state index is 12.2. The van der Waals surface area contributed by atoms with E-state index in [1.165, 1.54) is 7.11 Å². The molecule has 1 heterocycles. The lowest BCUT2D eigenvalue weighted by molar-refractivity contribution is 0.0602. The van der Waals surface area contributed by atoms with Gasteiger partial charge in [-0.2, -0.15) is 4.98 Å². The zero-order valence-corrected chi connectivity index (χ0v) is 14.1. The molecule has 0 aliphatic rings. The highest BCUT2D eigenvalue weighted by molar-refractivity contribution is 6.05. The summed E-state index contributed by atoms with van der Waals surface area (Å²) in [6.07, 6.45) is 0. The van der Waals surface area contributed by atoms with Gasteiger partial charge in [0.2, 0.25) is 11.7 Å². The third-order valence-corrected chi connectivity index (χ3v) is 3.51. The van der Waals surface area contributed by atoms with Gasteiger partial charge in [0, 0.05) is 18.2 Å². The largest absolute Gasteiger partial charge is 0.465 e. The Morgan fingerprint density at radius 2 is 1.77 bits per heavy atom. The lowest BCUT2D eigenvalue weighted by Gasteiger charge is -2.11. The smallest absolute Gasteiger partial charge is 0.339 e. The molecular weight excluding hydrogens is 336 g/mol. The lowest BCUT2D eigenvalue weighted by Crippen LogP contribution is -2.21. The molecule has 8 nitrogen and oxygen atoms in total. The molecule has 0 radical (unpaired) electrons. The number of amides is 2. The number of methoxy groups -OCH3 is 1. The van der Waals surface area contributed by atoms with Crippen molar-refractivity contribution in [1.29, 1.82) is 0 Å². The molecule has 8 heteroatoms. The number of hydrogen-bond acceptors (Lipinski definition) is 6. The van der Waals surface area contributed by atoms with E-state index in [2.05, 4.69) is 20.8 Å². The Bertz CT molecular complexity index is 934. The van der Waals surface area contributed by atoms with Gasteiger partial charge < -0.3 is 19.9 Å². The maximum Gasteiger partial charge on any atom is 0.339 e. The molecule has 0 bridgehead atoms. The molecule has 3 rings (SSSR count). The number of benzene rings is 2. The number of aromatic nitrogens is 2. The molecule has 0 unspecified atom stereocenters. The van der Waals surface area contributed by atoms with Crippen molar-refractivity contribution in [2.24, 2.45) is 0 Å². The molecule has 2 aromatic carbocycles. The summed E-state index contributed by atoms with van der Waals surface area (Å²) in [7, 11) is 1.28. The second-order valence-corrected chi connectivity index (χ2v) is 5.33. The number of anilines is 2. The topological polar surface area (TPSA) is 106 Å². The van der Waals surface area contributed by atoms with Gasteiger partial charge in [0.15, 0.2) is 0 Å². The van der Waals surface area contributed by atoms with E-state index in [1.54, 1.807) is 55.5 Å². The zero-order valence-electron chi connectivity index (χ0n) is 14.1. The summed E-state index contributed by atoms with van der Waals surface area (Å²) in [4.78, 5) is 28.1. The van der Waals surface area contributed by atoms with Gasteiger partial charge in [-0.15, -0.1) is 0 Å². The molecule has 0 saturated carbocycles. The number of ether oxygens (including phenoxy) is 1. The molecule has 0 atom stereocenters.